The van der Waals surface area contributed by atoms with Gasteiger partial charge in [0.1, 0.15) is 5.75 Å². The lowest BCUT2D eigenvalue weighted by Gasteiger charge is -2.24. The molecular formula is C20H22F3N3O2. The Morgan fingerprint density at radius 1 is 1.18 bits per heavy atom. The number of aryl methyl sites for hydroxylation is 1. The average molecular weight is 393 g/mol. The van der Waals surface area contributed by atoms with Crippen LogP contribution in [0.15, 0.2) is 18.2 Å². The summed E-state index contributed by atoms with van der Waals surface area (Å²) in [5.74, 6) is 0.533. The van der Waals surface area contributed by atoms with Crippen LogP contribution in [0.2, 0.25) is 0 Å². The fourth-order valence-electron chi connectivity index (χ4n) is 4.31. The van der Waals surface area contributed by atoms with Crippen molar-refractivity contribution in [2.45, 2.75) is 44.9 Å². The topological polar surface area (TPSA) is 69.5 Å². The number of phenolic OH excluding ortho intramolecular Hbond substituents is 1. The van der Waals surface area contributed by atoms with Crippen LogP contribution >= 0.6 is 0 Å². The molecule has 2 N–H and O–H groups in total. The van der Waals surface area contributed by atoms with Crippen LogP contribution in [-0.2, 0) is 12.6 Å². The van der Waals surface area contributed by atoms with E-state index in [1.165, 1.54) is 6.92 Å². The van der Waals surface area contributed by atoms with Gasteiger partial charge in [-0.3, -0.25) is 0 Å². The molecule has 0 saturated heterocycles. The smallest absolute Gasteiger partial charge is 0.416 e. The number of rotatable bonds is 3. The first-order valence-electron chi connectivity index (χ1n) is 9.45. The van der Waals surface area contributed by atoms with Crippen LogP contribution in [0.1, 0.15) is 36.0 Å². The molecule has 0 unspecified atom stereocenters. The van der Waals surface area contributed by atoms with E-state index in [9.17, 15) is 23.4 Å². The number of aliphatic hydroxyl groups excluding tert-OH is 1. The van der Waals surface area contributed by atoms with Gasteiger partial charge in [0.05, 0.1) is 17.4 Å². The van der Waals surface area contributed by atoms with Crippen molar-refractivity contribution in [1.29, 1.82) is 0 Å². The third kappa shape index (κ3) is 3.41. The summed E-state index contributed by atoms with van der Waals surface area (Å²) >= 11 is 0. The molecule has 2 heterocycles. The second-order valence-corrected chi connectivity index (χ2v) is 7.72. The van der Waals surface area contributed by atoms with Crippen molar-refractivity contribution in [1.82, 2.24) is 10.2 Å². The molecular weight excluding hydrogens is 371 g/mol. The number of hydrogen-bond acceptors (Lipinski definition) is 5. The van der Waals surface area contributed by atoms with Gasteiger partial charge in [0, 0.05) is 30.1 Å². The Morgan fingerprint density at radius 3 is 2.61 bits per heavy atom. The van der Waals surface area contributed by atoms with Gasteiger partial charge in [-0.25, -0.2) is 0 Å². The molecule has 1 aliphatic heterocycles. The lowest BCUT2D eigenvalue weighted by molar-refractivity contribution is -0.137. The Labute approximate surface area is 160 Å². The molecule has 1 aromatic carbocycles. The third-order valence-corrected chi connectivity index (χ3v) is 5.77. The molecule has 2 atom stereocenters. The van der Waals surface area contributed by atoms with E-state index in [-0.39, 0.29) is 17.6 Å². The number of nitrogens with zero attached hydrogens (tertiary/aromatic N) is 3. The zero-order valence-electron chi connectivity index (χ0n) is 15.5. The zero-order valence-corrected chi connectivity index (χ0v) is 15.5. The maximum absolute atomic E-state index is 12.9. The van der Waals surface area contributed by atoms with Crippen LogP contribution in [0.25, 0.3) is 11.3 Å². The number of hydrogen-bond donors (Lipinski definition) is 2. The average Bonchev–Trinajstić information content (AvgIpc) is 3.20. The number of aromatic hydroxyl groups is 1. The van der Waals surface area contributed by atoms with Crippen molar-refractivity contribution in [2.75, 3.05) is 18.0 Å². The van der Waals surface area contributed by atoms with Gasteiger partial charge in [0.15, 0.2) is 5.82 Å². The Kier molecular flexibility index (Phi) is 4.69. The highest BCUT2D eigenvalue weighted by molar-refractivity contribution is 5.73. The van der Waals surface area contributed by atoms with Crippen molar-refractivity contribution in [3.63, 3.8) is 0 Å². The predicted octanol–water partition coefficient (Wildman–Crippen LogP) is 3.70. The van der Waals surface area contributed by atoms with Crippen LogP contribution in [0, 0.1) is 12.8 Å². The minimum Gasteiger partial charge on any atom is -0.507 e. The van der Waals surface area contributed by atoms with Crippen molar-refractivity contribution in [3.8, 4) is 17.0 Å². The summed E-state index contributed by atoms with van der Waals surface area (Å²) < 4.78 is 38.8. The van der Waals surface area contributed by atoms with Gasteiger partial charge in [-0.15, -0.1) is 10.2 Å². The van der Waals surface area contributed by atoms with Crippen molar-refractivity contribution >= 4 is 5.82 Å². The number of halogens is 3. The number of anilines is 1. The molecule has 1 saturated carbocycles. The fraction of sp³-hybridized carbons (Fsp3) is 0.500. The van der Waals surface area contributed by atoms with Crippen LogP contribution in [0.3, 0.4) is 0 Å². The number of aromatic nitrogens is 2. The van der Waals surface area contributed by atoms with Gasteiger partial charge in [-0.1, -0.05) is 6.42 Å². The Balaban J connectivity index is 1.62. The largest absolute Gasteiger partial charge is 0.507 e. The molecule has 0 amide bonds. The first kappa shape index (κ1) is 19.0. The SMILES string of the molecule is Cc1cc(C(F)(F)F)cc(O)c1-c1cc2c(nn1)N(C[C@H]1CCC[C@@H]1O)CC2. The molecule has 1 aliphatic carbocycles. The van der Waals surface area contributed by atoms with Gasteiger partial charge >= 0.3 is 6.18 Å². The summed E-state index contributed by atoms with van der Waals surface area (Å²) in [6.45, 7) is 3.02. The summed E-state index contributed by atoms with van der Waals surface area (Å²) in [5.41, 5.74) is 1.00. The highest BCUT2D eigenvalue weighted by atomic mass is 19.4. The molecule has 2 aromatic rings. The van der Waals surface area contributed by atoms with Crippen molar-refractivity contribution < 1.29 is 23.4 Å². The van der Waals surface area contributed by atoms with E-state index in [1.54, 1.807) is 6.07 Å². The van der Waals surface area contributed by atoms with E-state index < -0.39 is 17.5 Å². The van der Waals surface area contributed by atoms with Gasteiger partial charge < -0.3 is 15.1 Å². The second kappa shape index (κ2) is 6.92. The van der Waals surface area contributed by atoms with E-state index in [4.69, 9.17) is 0 Å². The fourth-order valence-corrected chi connectivity index (χ4v) is 4.31. The standard InChI is InChI=1S/C20H22F3N3O2/c1-11-7-14(20(21,22)23)9-17(28)18(11)15-8-12-5-6-26(19(12)25-24-15)10-13-3-2-4-16(13)27/h7-9,13,16,27-28H,2-6,10H2,1H3/t13-,16+/m1/s1. The first-order valence-corrected chi connectivity index (χ1v) is 9.45. The number of benzene rings is 1. The minimum absolute atomic E-state index is 0.230. The molecule has 0 radical (unpaired) electrons. The van der Waals surface area contributed by atoms with Gasteiger partial charge in [0.2, 0.25) is 0 Å². The molecule has 28 heavy (non-hydrogen) atoms. The zero-order chi connectivity index (χ0) is 20.1. The van der Waals surface area contributed by atoms with Crippen molar-refractivity contribution in [3.05, 3.63) is 34.9 Å². The summed E-state index contributed by atoms with van der Waals surface area (Å²) in [4.78, 5) is 2.12. The van der Waals surface area contributed by atoms with Gasteiger partial charge in [-0.2, -0.15) is 13.2 Å². The predicted molar refractivity (Wildman–Crippen MR) is 98.1 cm³/mol. The monoisotopic (exact) mass is 393 g/mol. The summed E-state index contributed by atoms with van der Waals surface area (Å²) in [7, 11) is 0. The molecule has 150 valence electrons. The molecule has 1 fully saturated rings. The maximum Gasteiger partial charge on any atom is 0.416 e. The second-order valence-electron chi connectivity index (χ2n) is 7.72. The molecule has 5 nitrogen and oxygen atoms in total. The quantitative estimate of drug-likeness (QED) is 0.832. The van der Waals surface area contributed by atoms with Crippen LogP contribution in [0.5, 0.6) is 5.75 Å². The highest BCUT2D eigenvalue weighted by Gasteiger charge is 2.33. The normalized spacial score (nSPS) is 22.0. The molecule has 1 aromatic heterocycles. The van der Waals surface area contributed by atoms with E-state index in [0.717, 1.165) is 62.3 Å². The summed E-state index contributed by atoms with van der Waals surface area (Å²) in [6, 6.07) is 3.53. The number of phenols is 1. The third-order valence-electron chi connectivity index (χ3n) is 5.77. The van der Waals surface area contributed by atoms with E-state index >= 15 is 0 Å². The van der Waals surface area contributed by atoms with E-state index in [1.807, 2.05) is 0 Å². The van der Waals surface area contributed by atoms with Gasteiger partial charge in [-0.05, 0) is 49.9 Å². The van der Waals surface area contributed by atoms with E-state index in [0.29, 0.717) is 11.3 Å². The maximum atomic E-state index is 12.9. The molecule has 0 bridgehead atoms. The van der Waals surface area contributed by atoms with E-state index in [2.05, 4.69) is 15.1 Å². The van der Waals surface area contributed by atoms with Crippen LogP contribution in [0.4, 0.5) is 19.0 Å². The Hall–Kier alpha value is -2.35. The lowest BCUT2D eigenvalue weighted by Crippen LogP contribution is -2.32. The van der Waals surface area contributed by atoms with Gasteiger partial charge in [0.25, 0.3) is 0 Å². The summed E-state index contributed by atoms with van der Waals surface area (Å²) in [6.07, 6.45) is -1.18. The first-order chi connectivity index (χ1) is 13.2. The Morgan fingerprint density at radius 2 is 1.96 bits per heavy atom. The van der Waals surface area contributed by atoms with Crippen molar-refractivity contribution in [2.24, 2.45) is 5.92 Å². The molecule has 2 aliphatic rings. The lowest BCUT2D eigenvalue weighted by atomic mass is 9.99. The summed E-state index contributed by atoms with van der Waals surface area (Å²) in [5, 5.41) is 28.7. The molecule has 0 spiro atoms. The molecule has 4 rings (SSSR count). The number of aliphatic hydroxyl groups is 1. The van der Waals surface area contributed by atoms with Crippen LogP contribution in [-0.4, -0.2) is 39.6 Å². The Bertz CT molecular complexity index is 878. The van der Waals surface area contributed by atoms with Crippen LogP contribution < -0.4 is 4.90 Å². The number of alkyl halides is 3. The molecule has 8 heteroatoms. The number of fused-ring (bicyclic) bond motifs is 1. The highest BCUT2D eigenvalue weighted by Crippen LogP contribution is 2.40. The minimum atomic E-state index is -4.52.